The summed E-state index contributed by atoms with van der Waals surface area (Å²) < 4.78 is 26.0. The molecule has 0 saturated heterocycles. The van der Waals surface area contributed by atoms with E-state index in [1.54, 1.807) is 7.05 Å². The Hall–Kier alpha value is -1.25. The minimum absolute atomic E-state index is 0.0598. The predicted molar refractivity (Wildman–Crippen MR) is 73.7 cm³/mol. The van der Waals surface area contributed by atoms with Crippen LogP contribution < -0.4 is 11.3 Å². The number of hydrogen-bond acceptors (Lipinski definition) is 6. The summed E-state index contributed by atoms with van der Waals surface area (Å²) in [6, 6.07) is -0.0858. The monoisotopic (exact) mass is 287 g/mol. The van der Waals surface area contributed by atoms with Crippen molar-refractivity contribution in [1.29, 1.82) is 0 Å². The number of hydrogen-bond donors (Lipinski definition) is 2. The first-order chi connectivity index (χ1) is 8.78. The number of nitrogens with two attached hydrogens (primary N) is 1. The number of aromatic nitrogens is 2. The lowest BCUT2D eigenvalue weighted by atomic mass is 10.1. The maximum atomic E-state index is 12.3. The van der Waals surface area contributed by atoms with Crippen LogP contribution in [0.4, 0.5) is 5.95 Å². The van der Waals surface area contributed by atoms with Crippen molar-refractivity contribution < 1.29 is 8.42 Å². The molecule has 0 aromatic carbocycles. The molecule has 1 aromatic rings. The minimum atomic E-state index is -3.57. The highest BCUT2D eigenvalue weighted by molar-refractivity contribution is 7.89. The van der Waals surface area contributed by atoms with E-state index in [-0.39, 0.29) is 16.9 Å². The maximum Gasteiger partial charge on any atom is 0.246 e. The highest BCUT2D eigenvalue weighted by Crippen LogP contribution is 2.19. The average Bonchev–Trinajstić information content (AvgIpc) is 2.37. The molecule has 0 fully saturated rings. The predicted octanol–water partition coefficient (Wildman–Crippen LogP) is 0.817. The van der Waals surface area contributed by atoms with Crippen LogP contribution in [0.5, 0.6) is 0 Å². The number of hydrazine groups is 1. The third kappa shape index (κ3) is 3.85. The Morgan fingerprint density at radius 2 is 1.84 bits per heavy atom. The van der Waals surface area contributed by atoms with E-state index in [1.165, 1.54) is 16.7 Å². The topological polar surface area (TPSA) is 101 Å². The Morgan fingerprint density at radius 1 is 1.32 bits per heavy atom. The van der Waals surface area contributed by atoms with Crippen molar-refractivity contribution in [2.24, 2.45) is 11.8 Å². The Balaban J connectivity index is 2.95. The molecule has 0 aliphatic heterocycles. The van der Waals surface area contributed by atoms with Crippen molar-refractivity contribution in [1.82, 2.24) is 14.3 Å². The highest BCUT2D eigenvalue weighted by atomic mass is 32.2. The van der Waals surface area contributed by atoms with Crippen LogP contribution >= 0.6 is 0 Å². The van der Waals surface area contributed by atoms with E-state index in [0.717, 1.165) is 6.42 Å². The fraction of sp³-hybridized carbons (Fsp3) is 0.636. The number of nitrogen functional groups attached to an aromatic ring is 1. The first-order valence-electron chi connectivity index (χ1n) is 6.05. The van der Waals surface area contributed by atoms with Gasteiger partial charge in [0.25, 0.3) is 0 Å². The van der Waals surface area contributed by atoms with Crippen LogP contribution in [0.1, 0.15) is 27.2 Å². The van der Waals surface area contributed by atoms with Gasteiger partial charge in [0.2, 0.25) is 16.0 Å². The molecule has 1 heterocycles. The van der Waals surface area contributed by atoms with Crippen molar-refractivity contribution in [2.75, 3.05) is 12.5 Å². The van der Waals surface area contributed by atoms with Gasteiger partial charge in [-0.2, -0.15) is 4.31 Å². The molecule has 0 saturated carbocycles. The normalized spacial score (nSPS) is 13.8. The molecule has 0 radical (unpaired) electrons. The number of sulfonamides is 1. The SMILES string of the molecule is CC(C)CC(C)N(C)S(=O)(=O)c1cnc(NN)nc1. The molecule has 1 rings (SSSR count). The lowest BCUT2D eigenvalue weighted by Crippen LogP contribution is -2.36. The fourth-order valence-electron chi connectivity index (χ4n) is 1.76. The van der Waals surface area contributed by atoms with Crippen LogP contribution in [0.15, 0.2) is 17.3 Å². The lowest BCUT2D eigenvalue weighted by Gasteiger charge is -2.25. The molecule has 0 aliphatic carbocycles. The summed E-state index contributed by atoms with van der Waals surface area (Å²) in [4.78, 5) is 7.69. The summed E-state index contributed by atoms with van der Waals surface area (Å²) in [6.07, 6.45) is 3.28. The van der Waals surface area contributed by atoms with Gasteiger partial charge in [0.15, 0.2) is 0 Å². The zero-order valence-electron chi connectivity index (χ0n) is 11.7. The first kappa shape index (κ1) is 15.8. The van der Waals surface area contributed by atoms with Gasteiger partial charge < -0.3 is 0 Å². The van der Waals surface area contributed by atoms with E-state index in [1.807, 2.05) is 6.92 Å². The standard InChI is InChI=1S/C11H21N5O2S/c1-8(2)5-9(3)16(4)19(17,18)10-6-13-11(15-12)14-7-10/h6-9H,5,12H2,1-4H3,(H,13,14,15). The molecule has 0 aliphatic rings. The molecule has 7 nitrogen and oxygen atoms in total. The molecule has 1 atom stereocenters. The quantitative estimate of drug-likeness (QED) is 0.593. The molecule has 0 bridgehead atoms. The molecular formula is C11H21N5O2S. The highest BCUT2D eigenvalue weighted by Gasteiger charge is 2.26. The first-order valence-corrected chi connectivity index (χ1v) is 7.49. The molecule has 108 valence electrons. The van der Waals surface area contributed by atoms with Gasteiger partial charge in [-0.3, -0.25) is 5.43 Å². The maximum absolute atomic E-state index is 12.3. The Labute approximate surface area is 114 Å². The second-order valence-electron chi connectivity index (χ2n) is 4.89. The van der Waals surface area contributed by atoms with Crippen molar-refractivity contribution in [2.45, 2.75) is 38.1 Å². The van der Waals surface area contributed by atoms with E-state index in [0.29, 0.717) is 5.92 Å². The molecule has 19 heavy (non-hydrogen) atoms. The summed E-state index contributed by atoms with van der Waals surface area (Å²) in [5, 5.41) is 0. The number of nitrogens with zero attached hydrogens (tertiary/aromatic N) is 3. The van der Waals surface area contributed by atoms with Gasteiger partial charge in [-0.25, -0.2) is 24.2 Å². The molecular weight excluding hydrogens is 266 g/mol. The van der Waals surface area contributed by atoms with Crippen LogP contribution in [0, 0.1) is 5.92 Å². The van der Waals surface area contributed by atoms with E-state index < -0.39 is 10.0 Å². The zero-order chi connectivity index (χ0) is 14.6. The molecule has 3 N–H and O–H groups in total. The second kappa shape index (κ2) is 6.27. The van der Waals surface area contributed by atoms with Crippen LogP contribution in [-0.2, 0) is 10.0 Å². The fourth-order valence-corrected chi connectivity index (χ4v) is 3.02. The van der Waals surface area contributed by atoms with Crippen LogP contribution in [0.3, 0.4) is 0 Å². The molecule has 1 unspecified atom stereocenters. The smallest absolute Gasteiger partial charge is 0.246 e. The second-order valence-corrected chi connectivity index (χ2v) is 6.88. The zero-order valence-corrected chi connectivity index (χ0v) is 12.5. The Morgan fingerprint density at radius 3 is 2.26 bits per heavy atom. The summed E-state index contributed by atoms with van der Waals surface area (Å²) in [7, 11) is -2.00. The van der Waals surface area contributed by atoms with Crippen molar-refractivity contribution in [3.8, 4) is 0 Å². The van der Waals surface area contributed by atoms with E-state index >= 15 is 0 Å². The average molecular weight is 287 g/mol. The van der Waals surface area contributed by atoms with Gasteiger partial charge in [-0.15, -0.1) is 0 Å². The largest absolute Gasteiger partial charge is 0.292 e. The van der Waals surface area contributed by atoms with Crippen LogP contribution in [0.2, 0.25) is 0 Å². The van der Waals surface area contributed by atoms with Crippen molar-refractivity contribution in [3.63, 3.8) is 0 Å². The van der Waals surface area contributed by atoms with E-state index in [9.17, 15) is 8.42 Å². The summed E-state index contributed by atoms with van der Waals surface area (Å²) >= 11 is 0. The third-order valence-electron chi connectivity index (χ3n) is 2.87. The summed E-state index contributed by atoms with van der Waals surface area (Å²) in [5.74, 6) is 5.74. The molecule has 0 spiro atoms. The molecule has 8 heteroatoms. The Bertz CT molecular complexity index is 500. The van der Waals surface area contributed by atoms with Crippen molar-refractivity contribution >= 4 is 16.0 Å². The van der Waals surface area contributed by atoms with Crippen molar-refractivity contribution in [3.05, 3.63) is 12.4 Å². The number of rotatable bonds is 6. The van der Waals surface area contributed by atoms with Gasteiger partial charge in [0.05, 0.1) is 12.4 Å². The minimum Gasteiger partial charge on any atom is -0.292 e. The van der Waals surface area contributed by atoms with E-state index in [4.69, 9.17) is 5.84 Å². The third-order valence-corrected chi connectivity index (χ3v) is 4.79. The lowest BCUT2D eigenvalue weighted by molar-refractivity contribution is 0.337. The summed E-state index contributed by atoms with van der Waals surface area (Å²) in [6.45, 7) is 6.00. The molecule has 1 aromatic heterocycles. The van der Waals surface area contributed by atoms with Crippen LogP contribution in [0.25, 0.3) is 0 Å². The molecule has 0 amide bonds. The van der Waals surface area contributed by atoms with Gasteiger partial charge in [0.1, 0.15) is 4.90 Å². The number of anilines is 1. The van der Waals surface area contributed by atoms with Crippen LogP contribution in [-0.4, -0.2) is 35.8 Å². The van der Waals surface area contributed by atoms with Gasteiger partial charge in [-0.05, 0) is 19.3 Å². The van der Waals surface area contributed by atoms with E-state index in [2.05, 4.69) is 29.2 Å². The Kier molecular flexibility index (Phi) is 5.21. The van der Waals surface area contributed by atoms with Gasteiger partial charge in [0, 0.05) is 13.1 Å². The summed E-state index contributed by atoms with van der Waals surface area (Å²) in [5.41, 5.74) is 2.25. The van der Waals surface area contributed by atoms with Gasteiger partial charge >= 0.3 is 0 Å². The van der Waals surface area contributed by atoms with Gasteiger partial charge in [-0.1, -0.05) is 13.8 Å². The number of nitrogens with one attached hydrogen (secondary N) is 1.